The Morgan fingerprint density at radius 3 is 2.49 bits per heavy atom. The minimum atomic E-state index is -1.69. The number of phenols is 2. The Kier molecular flexibility index (Phi) is 7.46. The fraction of sp³-hybridized carbons (Fsp3) is 0.500. The van der Waals surface area contributed by atoms with Crippen molar-refractivity contribution in [1.29, 1.82) is 0 Å². The van der Waals surface area contributed by atoms with Gasteiger partial charge in [0.15, 0.2) is 12.1 Å². The minimum absolute atomic E-state index is 0.0382. The number of hydrogen-bond acceptors (Lipinski definition) is 11. The SMILES string of the molecule is CC[C@@]1(O)C[C@H](O[C@H]2C[C@H](N(C)C)[C@H](O)[C@H](C)O2)c2c(cc3c(c2O)C(=O)c2c(O)cccc2C3=O)[C@H]1C(=O)OC. The van der Waals surface area contributed by atoms with Gasteiger partial charge in [0.1, 0.15) is 17.4 Å². The van der Waals surface area contributed by atoms with E-state index in [-0.39, 0.29) is 58.7 Å². The number of benzene rings is 2. The number of carbonyl (C=O) groups is 3. The molecule has 1 heterocycles. The lowest BCUT2D eigenvalue weighted by Crippen LogP contribution is -2.54. The van der Waals surface area contributed by atoms with Gasteiger partial charge in [-0.2, -0.15) is 0 Å². The molecule has 220 valence electrons. The molecule has 0 saturated carbocycles. The summed E-state index contributed by atoms with van der Waals surface area (Å²) in [6.07, 6.45) is -3.09. The van der Waals surface area contributed by atoms with Crippen LogP contribution in [0.2, 0.25) is 0 Å². The number of aliphatic hydroxyl groups is 2. The molecule has 11 nitrogen and oxygen atoms in total. The van der Waals surface area contributed by atoms with Gasteiger partial charge in [-0.3, -0.25) is 14.4 Å². The van der Waals surface area contributed by atoms with Crippen LogP contribution in [0.4, 0.5) is 0 Å². The van der Waals surface area contributed by atoms with E-state index in [4.69, 9.17) is 14.2 Å². The number of nitrogens with zero attached hydrogens (tertiary/aromatic N) is 1. The third kappa shape index (κ3) is 4.52. The maximum absolute atomic E-state index is 13.6. The molecule has 0 aromatic heterocycles. The molecule has 0 bridgehead atoms. The Morgan fingerprint density at radius 1 is 1.15 bits per heavy atom. The summed E-state index contributed by atoms with van der Waals surface area (Å²) in [5.74, 6) is -4.42. The highest BCUT2D eigenvalue weighted by Gasteiger charge is 2.53. The third-order valence-electron chi connectivity index (χ3n) is 8.77. The number of fused-ring (bicyclic) bond motifs is 3. The monoisotopic (exact) mass is 569 g/mol. The number of ketones is 2. The average molecular weight is 570 g/mol. The van der Waals surface area contributed by atoms with Crippen molar-refractivity contribution in [3.05, 3.63) is 57.6 Å². The lowest BCUT2D eigenvalue weighted by molar-refractivity contribution is -0.258. The van der Waals surface area contributed by atoms with Crippen LogP contribution in [0.3, 0.4) is 0 Å². The Bertz CT molecular complexity index is 1420. The molecule has 4 N–H and O–H groups in total. The number of esters is 1. The van der Waals surface area contributed by atoms with Crippen molar-refractivity contribution < 1.29 is 49.0 Å². The van der Waals surface area contributed by atoms with Crippen molar-refractivity contribution in [2.24, 2.45) is 0 Å². The molecule has 5 rings (SSSR count). The number of hydrogen-bond donors (Lipinski definition) is 4. The normalized spacial score (nSPS) is 30.9. The highest BCUT2D eigenvalue weighted by molar-refractivity contribution is 6.30. The van der Waals surface area contributed by atoms with Crippen LogP contribution in [-0.2, 0) is 19.0 Å². The van der Waals surface area contributed by atoms with Crippen LogP contribution < -0.4 is 0 Å². The van der Waals surface area contributed by atoms with Crippen LogP contribution in [0.15, 0.2) is 24.3 Å². The van der Waals surface area contributed by atoms with Crippen molar-refractivity contribution in [2.75, 3.05) is 21.2 Å². The number of aromatic hydroxyl groups is 2. The Labute approximate surface area is 237 Å². The highest BCUT2D eigenvalue weighted by Crippen LogP contribution is 2.54. The van der Waals surface area contributed by atoms with Gasteiger partial charge in [-0.05, 0) is 45.1 Å². The number of aliphatic hydroxyl groups excluding tert-OH is 1. The Balaban J connectivity index is 1.69. The van der Waals surface area contributed by atoms with Gasteiger partial charge in [0.25, 0.3) is 0 Å². The molecule has 7 atom stereocenters. The second-order valence-electron chi connectivity index (χ2n) is 11.3. The largest absolute Gasteiger partial charge is 0.507 e. The summed E-state index contributed by atoms with van der Waals surface area (Å²) in [6.45, 7) is 3.41. The highest BCUT2D eigenvalue weighted by atomic mass is 16.7. The summed E-state index contributed by atoms with van der Waals surface area (Å²) < 4.78 is 17.3. The van der Waals surface area contributed by atoms with Crippen LogP contribution in [0, 0.1) is 0 Å². The smallest absolute Gasteiger partial charge is 0.316 e. The van der Waals surface area contributed by atoms with Gasteiger partial charge in [0.05, 0.1) is 42.1 Å². The van der Waals surface area contributed by atoms with Crippen molar-refractivity contribution in [2.45, 2.75) is 75.3 Å². The number of methoxy groups -OCH3 is 1. The molecule has 0 amide bonds. The molecule has 0 radical (unpaired) electrons. The fourth-order valence-electron chi connectivity index (χ4n) is 6.50. The number of likely N-dealkylation sites (N-methyl/N-ethyl adjacent to an activating group) is 1. The molecule has 2 aromatic rings. The number of rotatable bonds is 5. The zero-order valence-corrected chi connectivity index (χ0v) is 23.6. The van der Waals surface area contributed by atoms with Crippen molar-refractivity contribution >= 4 is 17.5 Å². The summed E-state index contributed by atoms with van der Waals surface area (Å²) >= 11 is 0. The molecule has 1 saturated heterocycles. The maximum atomic E-state index is 13.6. The first-order chi connectivity index (χ1) is 19.3. The topological polar surface area (TPSA) is 163 Å². The molecule has 41 heavy (non-hydrogen) atoms. The second-order valence-corrected chi connectivity index (χ2v) is 11.3. The summed E-state index contributed by atoms with van der Waals surface area (Å²) in [4.78, 5) is 42.1. The van der Waals surface area contributed by atoms with Gasteiger partial charge >= 0.3 is 5.97 Å². The average Bonchev–Trinajstić information content (AvgIpc) is 2.92. The Morgan fingerprint density at radius 2 is 1.85 bits per heavy atom. The summed E-state index contributed by atoms with van der Waals surface area (Å²) in [6, 6.07) is 5.14. The van der Waals surface area contributed by atoms with E-state index < -0.39 is 65.2 Å². The first kappa shape index (κ1) is 29.2. The fourth-order valence-corrected chi connectivity index (χ4v) is 6.50. The first-order valence-electron chi connectivity index (χ1n) is 13.6. The van der Waals surface area contributed by atoms with E-state index in [0.29, 0.717) is 0 Å². The molecule has 3 aliphatic rings. The molecule has 1 fully saturated rings. The summed E-state index contributed by atoms with van der Waals surface area (Å²) in [5, 5.41) is 44.5. The third-order valence-corrected chi connectivity index (χ3v) is 8.77. The van der Waals surface area contributed by atoms with Crippen LogP contribution >= 0.6 is 0 Å². The number of carbonyl (C=O) groups excluding carboxylic acids is 3. The zero-order valence-electron chi connectivity index (χ0n) is 23.6. The lowest BCUT2D eigenvalue weighted by atomic mass is 9.67. The predicted molar refractivity (Wildman–Crippen MR) is 144 cm³/mol. The standard InChI is InChI=1S/C30H35NO10/c1-6-30(38)12-19(41-20-11-17(31(3)4)25(33)13(2)40-20)22-15(24(30)29(37)39-5)10-16-23(28(22)36)27(35)21-14(26(16)34)8-7-9-18(21)32/h7-10,13,17,19-20,24-25,32-33,36,38H,6,11-12H2,1-5H3/t13-,17-,19-,20-,24-,25+,30+/m0/s1. The predicted octanol–water partition coefficient (Wildman–Crippen LogP) is 2.16. The van der Waals surface area contributed by atoms with Gasteiger partial charge in [-0.15, -0.1) is 0 Å². The van der Waals surface area contributed by atoms with E-state index in [2.05, 4.69) is 0 Å². The molecule has 0 spiro atoms. The van der Waals surface area contributed by atoms with Crippen LogP contribution in [0.25, 0.3) is 0 Å². The Hall–Kier alpha value is -3.35. The van der Waals surface area contributed by atoms with E-state index in [9.17, 15) is 34.8 Å². The number of ether oxygens (including phenoxy) is 3. The molecule has 0 unspecified atom stereocenters. The summed E-state index contributed by atoms with van der Waals surface area (Å²) in [5.41, 5.74) is -2.27. The minimum Gasteiger partial charge on any atom is -0.507 e. The van der Waals surface area contributed by atoms with Crippen LogP contribution in [0.1, 0.15) is 88.1 Å². The molecule has 2 aliphatic carbocycles. The van der Waals surface area contributed by atoms with Crippen LogP contribution in [-0.4, -0.2) is 94.2 Å². The second kappa shape index (κ2) is 10.5. The first-order valence-corrected chi connectivity index (χ1v) is 13.6. The van der Waals surface area contributed by atoms with Gasteiger partial charge in [-0.1, -0.05) is 19.1 Å². The van der Waals surface area contributed by atoms with Crippen LogP contribution in [0.5, 0.6) is 11.5 Å². The number of phenolic OH excluding ortho intramolecular Hbond substituents is 2. The summed E-state index contributed by atoms with van der Waals surface area (Å²) in [7, 11) is 4.82. The molecule has 1 aliphatic heterocycles. The molecule has 2 aromatic carbocycles. The lowest BCUT2D eigenvalue weighted by Gasteiger charge is -2.46. The van der Waals surface area contributed by atoms with E-state index in [1.807, 2.05) is 19.0 Å². The van der Waals surface area contributed by atoms with Gasteiger partial charge in [0.2, 0.25) is 5.78 Å². The van der Waals surface area contributed by atoms with E-state index in [1.54, 1.807) is 13.8 Å². The van der Waals surface area contributed by atoms with Crippen molar-refractivity contribution in [1.82, 2.24) is 4.90 Å². The quantitative estimate of drug-likeness (QED) is 0.333. The van der Waals surface area contributed by atoms with E-state index >= 15 is 0 Å². The molecule has 11 heteroatoms. The maximum Gasteiger partial charge on any atom is 0.316 e. The van der Waals surface area contributed by atoms with Gasteiger partial charge in [0, 0.05) is 35.6 Å². The zero-order chi connectivity index (χ0) is 30.0. The van der Waals surface area contributed by atoms with E-state index in [0.717, 1.165) is 0 Å². The molecular formula is C30H35NO10. The van der Waals surface area contributed by atoms with Crippen molar-refractivity contribution in [3.63, 3.8) is 0 Å². The molecular weight excluding hydrogens is 534 g/mol. The van der Waals surface area contributed by atoms with Crippen molar-refractivity contribution in [3.8, 4) is 11.5 Å². The van der Waals surface area contributed by atoms with Gasteiger partial charge in [-0.25, -0.2) is 0 Å². The van der Waals surface area contributed by atoms with Gasteiger partial charge < -0.3 is 39.5 Å². The van der Waals surface area contributed by atoms with E-state index in [1.165, 1.54) is 31.4 Å².